The van der Waals surface area contributed by atoms with Crippen molar-refractivity contribution in [3.8, 4) is 17.2 Å². The highest BCUT2D eigenvalue weighted by Gasteiger charge is 2.29. The Morgan fingerprint density at radius 2 is 1.69 bits per heavy atom. The van der Waals surface area contributed by atoms with Gasteiger partial charge in [-0.3, -0.25) is 9.10 Å². The molecule has 0 radical (unpaired) electrons. The summed E-state index contributed by atoms with van der Waals surface area (Å²) in [5.74, 6) is 0.812. The highest BCUT2D eigenvalue weighted by Crippen LogP contribution is 2.32. The first kappa shape index (κ1) is 25.6. The molecule has 9 nitrogen and oxygen atoms in total. The first-order chi connectivity index (χ1) is 16.9. The summed E-state index contributed by atoms with van der Waals surface area (Å²) in [6.45, 7) is 1.61. The molecule has 1 amide bonds. The molecule has 0 unspecified atom stereocenters. The van der Waals surface area contributed by atoms with Crippen LogP contribution in [0.5, 0.6) is 17.2 Å². The molecule has 0 saturated heterocycles. The fourth-order valence-electron chi connectivity index (χ4n) is 3.22. The Morgan fingerprint density at radius 3 is 2.37 bits per heavy atom. The van der Waals surface area contributed by atoms with Gasteiger partial charge in [-0.15, -0.1) is 0 Å². The van der Waals surface area contributed by atoms with Gasteiger partial charge in [-0.25, -0.2) is 13.8 Å². The lowest BCUT2D eigenvalue weighted by atomic mass is 10.2. The van der Waals surface area contributed by atoms with E-state index in [9.17, 15) is 13.2 Å². The third-order valence-electron chi connectivity index (χ3n) is 4.89. The van der Waals surface area contributed by atoms with E-state index in [1.165, 1.54) is 25.5 Å². The molecule has 0 aromatic heterocycles. The lowest BCUT2D eigenvalue weighted by molar-refractivity contribution is -0.119. The van der Waals surface area contributed by atoms with Gasteiger partial charge in [0.25, 0.3) is 15.9 Å². The van der Waals surface area contributed by atoms with E-state index in [1.807, 2.05) is 0 Å². The van der Waals surface area contributed by atoms with Crippen molar-refractivity contribution in [3.05, 3.63) is 78.4 Å². The number of ether oxygens (including phenoxy) is 3. The Bertz CT molecular complexity index is 1280. The summed E-state index contributed by atoms with van der Waals surface area (Å²) in [6, 6.07) is 19.7. The summed E-state index contributed by atoms with van der Waals surface area (Å²) in [5, 5.41) is 3.97. The summed E-state index contributed by atoms with van der Waals surface area (Å²) in [5.41, 5.74) is 3.23. The van der Waals surface area contributed by atoms with Gasteiger partial charge in [0.1, 0.15) is 23.8 Å². The van der Waals surface area contributed by atoms with Crippen LogP contribution in [0, 0.1) is 0 Å². The van der Waals surface area contributed by atoms with Crippen LogP contribution in [0.1, 0.15) is 12.5 Å². The minimum absolute atomic E-state index is 0.0468. The van der Waals surface area contributed by atoms with Gasteiger partial charge < -0.3 is 14.2 Å². The molecule has 0 aliphatic heterocycles. The van der Waals surface area contributed by atoms with Crippen LogP contribution in [0.2, 0.25) is 0 Å². The summed E-state index contributed by atoms with van der Waals surface area (Å²) in [4.78, 5) is 12.8. The number of methoxy groups -OCH3 is 2. The molecule has 0 saturated carbocycles. The Morgan fingerprint density at radius 1 is 0.971 bits per heavy atom. The zero-order valence-corrected chi connectivity index (χ0v) is 20.5. The smallest absolute Gasteiger partial charge is 0.264 e. The van der Waals surface area contributed by atoms with E-state index in [0.29, 0.717) is 29.4 Å². The van der Waals surface area contributed by atoms with Crippen LogP contribution >= 0.6 is 0 Å². The van der Waals surface area contributed by atoms with Crippen LogP contribution in [-0.2, 0) is 14.8 Å². The van der Waals surface area contributed by atoms with E-state index in [4.69, 9.17) is 14.2 Å². The van der Waals surface area contributed by atoms with Gasteiger partial charge >= 0.3 is 0 Å². The molecule has 3 aromatic carbocycles. The normalized spacial score (nSPS) is 11.2. The van der Waals surface area contributed by atoms with Gasteiger partial charge in [0.05, 0.1) is 37.6 Å². The molecule has 35 heavy (non-hydrogen) atoms. The molecule has 0 spiro atoms. The van der Waals surface area contributed by atoms with E-state index in [0.717, 1.165) is 4.31 Å². The van der Waals surface area contributed by atoms with Crippen molar-refractivity contribution in [1.82, 2.24) is 5.43 Å². The number of benzene rings is 3. The number of hydrogen-bond acceptors (Lipinski definition) is 7. The predicted molar refractivity (Wildman–Crippen MR) is 134 cm³/mol. The maximum atomic E-state index is 13.5. The van der Waals surface area contributed by atoms with E-state index >= 15 is 0 Å². The monoisotopic (exact) mass is 497 g/mol. The Kier molecular flexibility index (Phi) is 8.69. The van der Waals surface area contributed by atoms with Crippen LogP contribution in [0.15, 0.2) is 82.8 Å². The van der Waals surface area contributed by atoms with Crippen molar-refractivity contribution >= 4 is 27.8 Å². The molecular formula is C25H27N3O6S. The van der Waals surface area contributed by atoms with Crippen molar-refractivity contribution in [2.24, 2.45) is 5.10 Å². The average Bonchev–Trinajstić information content (AvgIpc) is 2.88. The summed E-state index contributed by atoms with van der Waals surface area (Å²) < 4.78 is 44.1. The number of nitrogens with one attached hydrogen (secondary N) is 1. The van der Waals surface area contributed by atoms with Crippen LogP contribution in [-0.4, -0.2) is 47.9 Å². The number of anilines is 1. The number of para-hydroxylation sites is 2. The van der Waals surface area contributed by atoms with Crippen molar-refractivity contribution in [1.29, 1.82) is 0 Å². The number of sulfonamides is 1. The minimum atomic E-state index is -4.08. The summed E-state index contributed by atoms with van der Waals surface area (Å²) >= 11 is 0. The van der Waals surface area contributed by atoms with Crippen molar-refractivity contribution in [3.63, 3.8) is 0 Å². The minimum Gasteiger partial charge on any atom is -0.497 e. The van der Waals surface area contributed by atoms with E-state index < -0.39 is 22.5 Å². The van der Waals surface area contributed by atoms with E-state index in [2.05, 4.69) is 10.5 Å². The van der Waals surface area contributed by atoms with Crippen LogP contribution < -0.4 is 23.9 Å². The first-order valence-corrected chi connectivity index (χ1v) is 12.2. The number of hydrogen-bond donors (Lipinski definition) is 1. The topological polar surface area (TPSA) is 107 Å². The number of carbonyl (C=O) groups excluding carboxylic acids is 1. The third-order valence-corrected chi connectivity index (χ3v) is 6.66. The van der Waals surface area contributed by atoms with Crippen molar-refractivity contribution in [2.75, 3.05) is 31.7 Å². The van der Waals surface area contributed by atoms with Crippen molar-refractivity contribution < 1.29 is 27.4 Å². The highest BCUT2D eigenvalue weighted by molar-refractivity contribution is 7.92. The fourth-order valence-corrected chi connectivity index (χ4v) is 4.68. The number of amides is 1. The lowest BCUT2D eigenvalue weighted by Crippen LogP contribution is -2.39. The number of carbonyl (C=O) groups is 1. The molecule has 184 valence electrons. The predicted octanol–water partition coefficient (Wildman–Crippen LogP) is 3.45. The Labute approximate surface area is 205 Å². The lowest BCUT2D eigenvalue weighted by Gasteiger charge is -2.25. The van der Waals surface area contributed by atoms with Gasteiger partial charge in [-0.05, 0) is 43.3 Å². The molecule has 0 heterocycles. The second-order valence-electron chi connectivity index (χ2n) is 7.13. The summed E-state index contributed by atoms with van der Waals surface area (Å²) in [6.07, 6.45) is 1.40. The molecule has 0 aliphatic carbocycles. The molecule has 3 aromatic rings. The first-order valence-electron chi connectivity index (χ1n) is 10.7. The van der Waals surface area contributed by atoms with Gasteiger partial charge in [-0.2, -0.15) is 5.10 Å². The maximum Gasteiger partial charge on any atom is 0.264 e. The molecular weight excluding hydrogens is 470 g/mol. The van der Waals surface area contributed by atoms with Gasteiger partial charge in [0.15, 0.2) is 0 Å². The van der Waals surface area contributed by atoms with Crippen LogP contribution in [0.25, 0.3) is 0 Å². The SMILES string of the molecule is CCOc1ccccc1N(CC(=O)N/N=C\c1ccc(OC)cc1OC)S(=O)(=O)c1ccccc1. The highest BCUT2D eigenvalue weighted by atomic mass is 32.2. The molecule has 0 fully saturated rings. The maximum absolute atomic E-state index is 13.5. The second-order valence-corrected chi connectivity index (χ2v) is 8.99. The van der Waals surface area contributed by atoms with E-state index in [1.54, 1.807) is 74.7 Å². The standard InChI is InChI=1S/C25H27N3O6S/c1-4-34-23-13-9-8-12-22(23)28(35(30,31)21-10-6-5-7-11-21)18-25(29)27-26-17-19-14-15-20(32-2)16-24(19)33-3/h5-17H,4,18H2,1-3H3,(H,27,29)/b26-17-. The molecule has 10 heteroatoms. The molecule has 3 rings (SSSR count). The quantitative estimate of drug-likeness (QED) is 0.321. The average molecular weight is 498 g/mol. The molecule has 0 aliphatic rings. The largest absolute Gasteiger partial charge is 0.497 e. The second kappa shape index (κ2) is 11.9. The number of hydrazone groups is 1. The fraction of sp³-hybridized carbons (Fsp3) is 0.200. The zero-order chi connectivity index (χ0) is 25.3. The van der Waals surface area contributed by atoms with E-state index in [-0.39, 0.29) is 10.6 Å². The molecule has 1 N–H and O–H groups in total. The Balaban J connectivity index is 1.87. The zero-order valence-electron chi connectivity index (χ0n) is 19.7. The van der Waals surface area contributed by atoms with Crippen molar-refractivity contribution in [2.45, 2.75) is 11.8 Å². The van der Waals surface area contributed by atoms with Gasteiger partial charge in [0, 0.05) is 11.6 Å². The van der Waals surface area contributed by atoms with Crippen LogP contribution in [0.3, 0.4) is 0 Å². The Hall–Kier alpha value is -4.05. The molecule has 0 bridgehead atoms. The molecule has 0 atom stereocenters. The number of nitrogens with zero attached hydrogens (tertiary/aromatic N) is 2. The van der Waals surface area contributed by atoms with Crippen LogP contribution in [0.4, 0.5) is 5.69 Å². The van der Waals surface area contributed by atoms with Gasteiger partial charge in [-0.1, -0.05) is 30.3 Å². The summed E-state index contributed by atoms with van der Waals surface area (Å²) in [7, 11) is -1.03. The van der Waals surface area contributed by atoms with Gasteiger partial charge in [0.2, 0.25) is 0 Å². The third kappa shape index (κ3) is 6.30. The number of rotatable bonds is 11.